The van der Waals surface area contributed by atoms with Gasteiger partial charge in [-0.15, -0.1) is 0 Å². The van der Waals surface area contributed by atoms with Gasteiger partial charge < -0.3 is 18.9 Å². The molecule has 2 heterocycles. The van der Waals surface area contributed by atoms with Crippen LogP contribution in [-0.2, 0) is 38.1 Å². The van der Waals surface area contributed by atoms with Gasteiger partial charge in [-0.1, -0.05) is 51.6 Å². The Hall–Kier alpha value is -1.72. The van der Waals surface area contributed by atoms with Gasteiger partial charge in [0.15, 0.2) is 5.76 Å². The van der Waals surface area contributed by atoms with Crippen LogP contribution in [0.5, 0.6) is 0 Å². The zero-order chi connectivity index (χ0) is 26.0. The normalized spacial score (nSPS) is 19.5. The smallest absolute Gasteiger partial charge is 0.344 e. The third-order valence-corrected chi connectivity index (χ3v) is 6.14. The van der Waals surface area contributed by atoms with Crippen molar-refractivity contribution < 1.29 is 38.1 Å². The maximum atomic E-state index is 11.8. The lowest BCUT2D eigenvalue weighted by atomic mass is 10.0. The first-order valence-corrected chi connectivity index (χ1v) is 13.0. The Bertz CT molecular complexity index is 942. The summed E-state index contributed by atoms with van der Waals surface area (Å²) in [6.07, 6.45) is 4.01. The molecule has 2 unspecified atom stereocenters. The molecule has 2 rings (SSSR count). The number of allylic oxidation sites excluding steroid dienone is 3. The van der Waals surface area contributed by atoms with Crippen LogP contribution < -0.4 is 0 Å². The molecule has 0 radical (unpaired) electrons. The quantitative estimate of drug-likeness (QED) is 0.176. The third kappa shape index (κ3) is 9.14. The summed E-state index contributed by atoms with van der Waals surface area (Å²) in [5, 5.41) is 0. The van der Waals surface area contributed by atoms with Crippen LogP contribution in [0.2, 0.25) is 0 Å². The first kappa shape index (κ1) is 30.3. The molecule has 0 bridgehead atoms. The van der Waals surface area contributed by atoms with Crippen molar-refractivity contribution in [2.24, 2.45) is 0 Å². The minimum Gasteiger partial charge on any atom is -0.458 e. The summed E-state index contributed by atoms with van der Waals surface area (Å²) in [5.41, 5.74) is 0.719. The minimum atomic E-state index is -0.584. The van der Waals surface area contributed by atoms with Gasteiger partial charge in [0.25, 0.3) is 0 Å². The van der Waals surface area contributed by atoms with Crippen molar-refractivity contribution in [3.05, 3.63) is 42.7 Å². The second-order valence-corrected chi connectivity index (χ2v) is 9.76. The highest BCUT2D eigenvalue weighted by Crippen LogP contribution is 2.35. The zero-order valence-electron chi connectivity index (χ0n) is 19.5. The number of halogens is 3. The van der Waals surface area contributed by atoms with E-state index in [1.54, 1.807) is 19.9 Å². The maximum absolute atomic E-state index is 11.8. The molecular formula is C23H27Br3O8. The van der Waals surface area contributed by atoms with Crippen LogP contribution in [-0.4, -0.2) is 36.1 Å². The zero-order valence-corrected chi connectivity index (χ0v) is 24.3. The van der Waals surface area contributed by atoms with Gasteiger partial charge in [0, 0.05) is 23.3 Å². The van der Waals surface area contributed by atoms with Crippen LogP contribution in [0, 0.1) is 0 Å². The molecule has 11 heteroatoms. The van der Waals surface area contributed by atoms with E-state index < -0.39 is 36.1 Å². The van der Waals surface area contributed by atoms with E-state index in [2.05, 4.69) is 54.7 Å². The minimum absolute atomic E-state index is 0.346. The van der Waals surface area contributed by atoms with Gasteiger partial charge in [-0.3, -0.25) is 9.59 Å². The monoisotopic (exact) mass is 668 g/mol. The summed E-state index contributed by atoms with van der Waals surface area (Å²) < 4.78 is 21.4. The SMILES string of the molecule is CC(=O)OC(C)C1=C/C(=C(\C)Br)OC1=O.CCCCCC(OC(C)=O)C1=C(Br)/C(=C/Br)OC1=O. The Kier molecular flexibility index (Phi) is 13.0. The van der Waals surface area contributed by atoms with Gasteiger partial charge in [0.05, 0.1) is 15.6 Å². The van der Waals surface area contributed by atoms with E-state index in [4.69, 9.17) is 18.9 Å². The predicted molar refractivity (Wildman–Crippen MR) is 136 cm³/mol. The number of carbonyl (C=O) groups excluding carboxylic acids is 4. The lowest BCUT2D eigenvalue weighted by Gasteiger charge is -2.16. The Labute approximate surface area is 224 Å². The number of hydrogen-bond donors (Lipinski definition) is 0. The number of rotatable bonds is 8. The number of carbonyl (C=O) groups is 4. The molecule has 0 aromatic rings. The van der Waals surface area contributed by atoms with Crippen LogP contribution in [0.4, 0.5) is 0 Å². The van der Waals surface area contributed by atoms with Crippen molar-refractivity contribution in [3.8, 4) is 0 Å². The van der Waals surface area contributed by atoms with Gasteiger partial charge in [0.1, 0.15) is 18.0 Å². The fourth-order valence-electron chi connectivity index (χ4n) is 2.96. The molecule has 0 saturated heterocycles. The van der Waals surface area contributed by atoms with Gasteiger partial charge in [-0.05, 0) is 48.7 Å². The van der Waals surface area contributed by atoms with Gasteiger partial charge >= 0.3 is 23.9 Å². The summed E-state index contributed by atoms with van der Waals surface area (Å²) in [5.74, 6) is -0.929. The molecule has 0 saturated carbocycles. The molecule has 0 N–H and O–H groups in total. The average molecular weight is 671 g/mol. The molecule has 0 aromatic heterocycles. The first-order valence-electron chi connectivity index (χ1n) is 10.5. The van der Waals surface area contributed by atoms with Crippen LogP contribution in [0.1, 0.15) is 60.3 Å². The molecule has 188 valence electrons. The van der Waals surface area contributed by atoms with Gasteiger partial charge in [-0.25, -0.2) is 9.59 Å². The van der Waals surface area contributed by atoms with E-state index >= 15 is 0 Å². The Morgan fingerprint density at radius 2 is 1.68 bits per heavy atom. The highest BCUT2D eigenvalue weighted by Gasteiger charge is 2.35. The predicted octanol–water partition coefficient (Wildman–Crippen LogP) is 5.99. The molecule has 0 fully saturated rings. The van der Waals surface area contributed by atoms with Gasteiger partial charge in [-0.2, -0.15) is 0 Å². The second-order valence-electron chi connectivity index (χ2n) is 7.32. The summed E-state index contributed by atoms with van der Waals surface area (Å²) in [7, 11) is 0. The van der Waals surface area contributed by atoms with Crippen LogP contribution >= 0.6 is 47.8 Å². The molecule has 0 amide bonds. The molecule has 0 aliphatic carbocycles. The summed E-state index contributed by atoms with van der Waals surface area (Å²) in [4.78, 5) is 46.6. The Morgan fingerprint density at radius 3 is 2.12 bits per heavy atom. The van der Waals surface area contributed by atoms with Gasteiger partial charge in [0.2, 0.25) is 0 Å². The van der Waals surface area contributed by atoms with Crippen LogP contribution in [0.15, 0.2) is 42.7 Å². The molecule has 2 aliphatic heterocycles. The van der Waals surface area contributed by atoms with E-state index in [1.807, 2.05) is 0 Å². The molecular weight excluding hydrogens is 644 g/mol. The molecule has 34 heavy (non-hydrogen) atoms. The van der Waals surface area contributed by atoms with Crippen LogP contribution in [0.3, 0.4) is 0 Å². The Morgan fingerprint density at radius 1 is 1.06 bits per heavy atom. The maximum Gasteiger partial charge on any atom is 0.344 e. The first-order chi connectivity index (χ1) is 15.9. The van der Waals surface area contributed by atoms with Crippen molar-refractivity contribution in [2.45, 2.75) is 72.5 Å². The highest BCUT2D eigenvalue weighted by atomic mass is 79.9. The highest BCUT2D eigenvalue weighted by molar-refractivity contribution is 9.12. The fourth-order valence-corrected chi connectivity index (χ4v) is 4.40. The van der Waals surface area contributed by atoms with E-state index in [1.165, 1.54) is 18.8 Å². The largest absolute Gasteiger partial charge is 0.458 e. The third-order valence-electron chi connectivity index (χ3n) is 4.52. The Balaban J connectivity index is 0.000000350. The van der Waals surface area contributed by atoms with Crippen molar-refractivity contribution >= 4 is 71.7 Å². The number of ether oxygens (including phenoxy) is 4. The molecule has 2 aliphatic rings. The van der Waals surface area contributed by atoms with E-state index in [0.717, 1.165) is 23.7 Å². The van der Waals surface area contributed by atoms with Crippen LogP contribution in [0.25, 0.3) is 0 Å². The number of unbranched alkanes of at least 4 members (excludes halogenated alkanes) is 2. The lowest BCUT2D eigenvalue weighted by Crippen LogP contribution is -2.23. The van der Waals surface area contributed by atoms with E-state index in [-0.39, 0.29) is 0 Å². The molecule has 8 nitrogen and oxygen atoms in total. The van der Waals surface area contributed by atoms with Crippen molar-refractivity contribution in [2.75, 3.05) is 0 Å². The summed E-state index contributed by atoms with van der Waals surface area (Å²) >= 11 is 9.65. The van der Waals surface area contributed by atoms with E-state index in [9.17, 15) is 19.2 Å². The average Bonchev–Trinajstić information content (AvgIpc) is 3.26. The molecule has 2 atom stereocenters. The number of esters is 4. The van der Waals surface area contributed by atoms with Crippen molar-refractivity contribution in [1.82, 2.24) is 0 Å². The number of cyclic esters (lactones) is 2. The van der Waals surface area contributed by atoms with Crippen molar-refractivity contribution in [3.63, 3.8) is 0 Å². The standard InChI is InChI=1S/C13H16Br2O4.C10H11BrO4/c1-3-4-5-6-9(18-8(2)16)11-12(15)10(7-14)19-13(11)17;1-5(11)9-4-8(10(13)15-9)6(2)14-7(3)12/h7,9H,3-6H2,1-2H3;4,6H,1-3H3/b10-7-;9-5-. The molecule has 0 aromatic carbocycles. The molecule has 0 spiro atoms. The van der Waals surface area contributed by atoms with Crippen molar-refractivity contribution in [1.29, 1.82) is 0 Å². The fraction of sp³-hybridized carbons (Fsp3) is 0.478. The lowest BCUT2D eigenvalue weighted by molar-refractivity contribution is -0.147. The topological polar surface area (TPSA) is 105 Å². The number of hydrogen-bond acceptors (Lipinski definition) is 8. The second kappa shape index (κ2) is 14.6. The summed E-state index contributed by atoms with van der Waals surface area (Å²) in [6.45, 7) is 8.11. The van der Waals surface area contributed by atoms with E-state index in [0.29, 0.717) is 33.6 Å². The summed E-state index contributed by atoms with van der Waals surface area (Å²) in [6, 6.07) is 0.